The zero-order chi connectivity index (χ0) is 40.0. The zero-order valence-electron chi connectivity index (χ0n) is 32.5. The Bertz CT molecular complexity index is 3620. The second-order valence-electron chi connectivity index (χ2n) is 15.4. The van der Waals surface area contributed by atoms with E-state index in [4.69, 9.17) is 23.2 Å². The number of fused-ring (bicyclic) bond motifs is 11. The summed E-state index contributed by atoms with van der Waals surface area (Å²) in [6.07, 6.45) is 3.81. The van der Waals surface area contributed by atoms with Crippen LogP contribution in [0.2, 0.25) is 0 Å². The summed E-state index contributed by atoms with van der Waals surface area (Å²) in [5, 5.41) is 8.82. The average molecular weight is 785 g/mol. The van der Waals surface area contributed by atoms with E-state index in [0.29, 0.717) is 22.2 Å². The highest BCUT2D eigenvalue weighted by Gasteiger charge is 2.23. The number of furan rings is 3. The molecule has 0 unspecified atom stereocenters. The second kappa shape index (κ2) is 13.0. The Hall–Kier alpha value is -8.42. The van der Waals surface area contributed by atoms with Gasteiger partial charge in [-0.05, 0) is 59.3 Å². The van der Waals surface area contributed by atoms with Gasteiger partial charge in [0.05, 0.1) is 35.1 Å². The molecule has 286 valence electrons. The third-order valence-electron chi connectivity index (χ3n) is 11.9. The van der Waals surface area contributed by atoms with Gasteiger partial charge >= 0.3 is 0 Å². The Kier molecular flexibility index (Phi) is 7.17. The van der Waals surface area contributed by atoms with E-state index in [0.717, 1.165) is 99.5 Å². The van der Waals surface area contributed by atoms with Gasteiger partial charge in [0.15, 0.2) is 11.2 Å². The highest BCUT2D eigenvalue weighted by atomic mass is 16.3. The molecule has 0 aliphatic carbocycles. The topological polar surface area (TPSA) is 71.7 Å². The number of nitrogens with zero attached hydrogens (tertiary/aromatic N) is 4. The van der Waals surface area contributed by atoms with Crippen LogP contribution in [0.5, 0.6) is 0 Å². The first-order valence-corrected chi connectivity index (χ1v) is 20.3. The lowest BCUT2D eigenvalue weighted by atomic mass is 10.1. The van der Waals surface area contributed by atoms with E-state index in [2.05, 4.69) is 155 Å². The molecule has 0 atom stereocenters. The fourth-order valence-corrected chi connectivity index (χ4v) is 9.11. The van der Waals surface area contributed by atoms with Crippen LogP contribution in [0, 0.1) is 0 Å². The lowest BCUT2D eigenvalue weighted by molar-refractivity contribution is 0.667. The monoisotopic (exact) mass is 784 g/mol. The number of hydrogen-bond donors (Lipinski definition) is 0. The van der Waals surface area contributed by atoms with Crippen molar-refractivity contribution in [2.75, 3.05) is 9.80 Å². The number of pyridine rings is 2. The minimum atomic E-state index is 0.632. The van der Waals surface area contributed by atoms with Crippen LogP contribution in [0.4, 0.5) is 34.1 Å². The standard InChI is InChI=1S/C54H32N4O3/c1-3-15-39-33(11-1)13-9-19-45(39)57(35-23-25-43-41-17-5-7-21-47(41)59-49(43)27-35)37-29-51-53(55-31-37)54-52(61-51)30-38(32-56-54)58(46-20-10-14-34-12-2-4-16-40(34)46)36-24-26-44-42-18-6-8-22-48(42)60-50(44)28-36/h1-32H. The molecule has 0 bridgehead atoms. The molecule has 0 N–H and O–H groups in total. The van der Waals surface area contributed by atoms with Crippen molar-refractivity contribution < 1.29 is 13.3 Å². The van der Waals surface area contributed by atoms with Gasteiger partial charge in [-0.3, -0.25) is 0 Å². The zero-order valence-corrected chi connectivity index (χ0v) is 32.5. The Labute approximate surface area is 347 Å². The molecule has 13 rings (SSSR count). The van der Waals surface area contributed by atoms with E-state index in [9.17, 15) is 0 Å². The molecule has 0 saturated heterocycles. The van der Waals surface area contributed by atoms with Gasteiger partial charge in [0.25, 0.3) is 0 Å². The van der Waals surface area contributed by atoms with Crippen molar-refractivity contribution in [3.8, 4) is 0 Å². The van der Waals surface area contributed by atoms with Crippen LogP contribution in [0.3, 0.4) is 0 Å². The molecule has 0 aliphatic heterocycles. The summed E-state index contributed by atoms with van der Waals surface area (Å²) in [5.41, 5.74) is 11.6. The quantitative estimate of drug-likeness (QED) is 0.166. The van der Waals surface area contributed by atoms with E-state index >= 15 is 0 Å². The van der Waals surface area contributed by atoms with Gasteiger partial charge in [-0.1, -0.05) is 109 Å². The minimum absolute atomic E-state index is 0.632. The van der Waals surface area contributed by atoms with Crippen LogP contribution in [-0.4, -0.2) is 9.97 Å². The molecule has 0 spiro atoms. The highest BCUT2D eigenvalue weighted by Crippen LogP contribution is 2.45. The lowest BCUT2D eigenvalue weighted by Crippen LogP contribution is -2.11. The summed E-state index contributed by atoms with van der Waals surface area (Å²) in [6.45, 7) is 0. The van der Waals surface area contributed by atoms with E-state index in [1.54, 1.807) is 0 Å². The maximum atomic E-state index is 6.76. The van der Waals surface area contributed by atoms with Crippen LogP contribution in [-0.2, 0) is 0 Å². The predicted molar refractivity (Wildman–Crippen MR) is 248 cm³/mol. The first-order valence-electron chi connectivity index (χ1n) is 20.3. The second-order valence-corrected chi connectivity index (χ2v) is 15.4. The van der Waals surface area contributed by atoms with Crippen LogP contribution < -0.4 is 9.80 Å². The van der Waals surface area contributed by atoms with Gasteiger partial charge in [0.2, 0.25) is 0 Å². The molecule has 7 heteroatoms. The fourth-order valence-electron chi connectivity index (χ4n) is 9.11. The molecular formula is C54H32N4O3. The summed E-state index contributed by atoms with van der Waals surface area (Å²) in [6, 6.07) is 62.9. The van der Waals surface area contributed by atoms with Gasteiger partial charge in [-0.15, -0.1) is 0 Å². The molecule has 61 heavy (non-hydrogen) atoms. The average Bonchev–Trinajstić information content (AvgIpc) is 3.99. The van der Waals surface area contributed by atoms with Crippen LogP contribution >= 0.6 is 0 Å². The van der Waals surface area contributed by atoms with Gasteiger partial charge in [0.1, 0.15) is 33.4 Å². The van der Waals surface area contributed by atoms with Crippen molar-refractivity contribution >= 4 is 122 Å². The van der Waals surface area contributed by atoms with Crippen molar-refractivity contribution in [2.45, 2.75) is 0 Å². The normalized spacial score (nSPS) is 11.9. The maximum absolute atomic E-state index is 6.76. The first kappa shape index (κ1) is 33.5. The molecule has 7 nitrogen and oxygen atoms in total. The van der Waals surface area contributed by atoms with Gasteiger partial charge < -0.3 is 23.1 Å². The molecule has 13 aromatic rings. The largest absolute Gasteiger partial charge is 0.456 e. The molecule has 5 aromatic heterocycles. The first-order chi connectivity index (χ1) is 30.2. The van der Waals surface area contributed by atoms with E-state index in [1.165, 1.54) is 0 Å². The molecule has 0 amide bonds. The minimum Gasteiger partial charge on any atom is -0.456 e. The number of hydrogen-bond acceptors (Lipinski definition) is 7. The Morgan fingerprint density at radius 2 is 0.672 bits per heavy atom. The van der Waals surface area contributed by atoms with Crippen molar-refractivity contribution in [3.63, 3.8) is 0 Å². The summed E-state index contributed by atoms with van der Waals surface area (Å²) in [4.78, 5) is 14.6. The molecule has 8 aromatic carbocycles. The SMILES string of the molecule is c1ccc2c(N(c3ccc4c(c3)oc3ccccc34)c3cnc4c(c3)oc3cc(N(c5ccc6c(c5)oc5ccccc56)c5cccc6ccccc56)cnc34)cccc2c1. The van der Waals surface area contributed by atoms with Gasteiger partial charge in [-0.2, -0.15) is 0 Å². The van der Waals surface area contributed by atoms with E-state index in [1.807, 2.05) is 48.8 Å². The summed E-state index contributed by atoms with van der Waals surface area (Å²) in [5.74, 6) is 0. The van der Waals surface area contributed by atoms with E-state index < -0.39 is 0 Å². The third kappa shape index (κ3) is 5.24. The van der Waals surface area contributed by atoms with Crippen molar-refractivity contribution in [3.05, 3.63) is 194 Å². The molecule has 5 heterocycles. The number of aromatic nitrogens is 2. The smallest absolute Gasteiger partial charge is 0.157 e. The van der Waals surface area contributed by atoms with Crippen LogP contribution in [0.1, 0.15) is 0 Å². The summed E-state index contributed by atoms with van der Waals surface area (Å²) in [7, 11) is 0. The molecule has 0 saturated carbocycles. The number of benzene rings is 8. The Morgan fingerprint density at radius 3 is 1.16 bits per heavy atom. The fraction of sp³-hybridized carbons (Fsp3) is 0. The summed E-state index contributed by atoms with van der Waals surface area (Å²) < 4.78 is 19.5. The molecule has 0 aliphatic rings. The van der Waals surface area contributed by atoms with Crippen molar-refractivity contribution in [1.82, 2.24) is 9.97 Å². The third-order valence-corrected chi connectivity index (χ3v) is 11.9. The lowest BCUT2D eigenvalue weighted by Gasteiger charge is -2.26. The van der Waals surface area contributed by atoms with Crippen LogP contribution in [0.15, 0.2) is 208 Å². The molecule has 0 radical (unpaired) electrons. The van der Waals surface area contributed by atoms with E-state index in [-0.39, 0.29) is 0 Å². The highest BCUT2D eigenvalue weighted by molar-refractivity contribution is 6.09. The molecule has 0 fully saturated rings. The van der Waals surface area contributed by atoms with Crippen molar-refractivity contribution in [1.29, 1.82) is 0 Å². The maximum Gasteiger partial charge on any atom is 0.157 e. The summed E-state index contributed by atoms with van der Waals surface area (Å²) >= 11 is 0. The number of para-hydroxylation sites is 2. The predicted octanol–water partition coefficient (Wildman–Crippen LogP) is 15.4. The van der Waals surface area contributed by atoms with Gasteiger partial charge in [-0.25, -0.2) is 9.97 Å². The number of rotatable bonds is 6. The Balaban J connectivity index is 0.981. The Morgan fingerprint density at radius 1 is 0.295 bits per heavy atom. The van der Waals surface area contributed by atoms with Crippen molar-refractivity contribution in [2.24, 2.45) is 0 Å². The van der Waals surface area contributed by atoms with Gasteiger partial charge in [0, 0.05) is 68.0 Å². The molecular weight excluding hydrogens is 753 g/mol. The number of anilines is 6. The van der Waals surface area contributed by atoms with Crippen LogP contribution in [0.25, 0.3) is 87.6 Å².